The highest BCUT2D eigenvalue weighted by atomic mass is 79.9. The Morgan fingerprint density at radius 3 is 2.38 bits per heavy atom. The van der Waals surface area contributed by atoms with Crippen LogP contribution in [0.15, 0.2) is 58.6 Å². The number of halogens is 1. The molecule has 0 fully saturated rings. The molecule has 1 N–H and O–H groups in total. The van der Waals surface area contributed by atoms with Crippen molar-refractivity contribution in [3.8, 4) is 11.8 Å². The van der Waals surface area contributed by atoms with Crippen LogP contribution in [0.25, 0.3) is 11.8 Å². The van der Waals surface area contributed by atoms with Gasteiger partial charge in [-0.05, 0) is 86.5 Å². The van der Waals surface area contributed by atoms with Crippen molar-refractivity contribution in [2.45, 2.75) is 20.8 Å². The van der Waals surface area contributed by atoms with E-state index >= 15 is 0 Å². The third-order valence-electron chi connectivity index (χ3n) is 5.10. The third kappa shape index (κ3) is 4.82. The monoisotopic (exact) mass is 491 g/mol. The quantitative estimate of drug-likeness (QED) is 0.290. The summed E-state index contributed by atoms with van der Waals surface area (Å²) in [5.41, 5.74) is 5.48. The van der Waals surface area contributed by atoms with Crippen molar-refractivity contribution < 1.29 is 14.3 Å². The summed E-state index contributed by atoms with van der Waals surface area (Å²) >= 11 is 3.35. The molecule has 6 nitrogen and oxygen atoms in total. The maximum atomic E-state index is 12.6. The molecule has 1 amide bonds. The van der Waals surface area contributed by atoms with Gasteiger partial charge in [0.15, 0.2) is 0 Å². The second kappa shape index (κ2) is 9.67. The van der Waals surface area contributed by atoms with Gasteiger partial charge in [0.1, 0.15) is 11.6 Å². The number of carbonyl (C=O) groups excluding carboxylic acids is 2. The van der Waals surface area contributed by atoms with E-state index in [-0.39, 0.29) is 11.5 Å². The number of hydrogen-bond acceptors (Lipinski definition) is 4. The molecule has 0 saturated carbocycles. The summed E-state index contributed by atoms with van der Waals surface area (Å²) in [6.45, 7) is 5.79. The van der Waals surface area contributed by atoms with Gasteiger partial charge in [0, 0.05) is 27.2 Å². The number of methoxy groups -OCH3 is 1. The maximum absolute atomic E-state index is 12.6. The lowest BCUT2D eigenvalue weighted by Crippen LogP contribution is -2.13. The molecular formula is C25H22BrN3O3. The standard InChI is InChI=1S/C25H22BrN3O3/c1-15-11-18(25(31)32-4)5-10-23(15)29-16(2)12-19(17(29)3)13-20(14-27)24(30)28-22-8-6-21(26)7-9-22/h5-13H,1-4H3,(H,28,30)/b20-13-. The third-order valence-corrected chi connectivity index (χ3v) is 5.62. The topological polar surface area (TPSA) is 84.1 Å². The number of aromatic nitrogens is 1. The number of aryl methyl sites for hydroxylation is 2. The number of nitriles is 1. The minimum atomic E-state index is -0.474. The zero-order valence-electron chi connectivity index (χ0n) is 18.2. The number of esters is 1. The summed E-state index contributed by atoms with van der Waals surface area (Å²) in [6.07, 6.45) is 1.59. The SMILES string of the molecule is COC(=O)c1ccc(-n2c(C)cc(/C=C(/C#N)C(=O)Nc3ccc(Br)cc3)c2C)c(C)c1. The van der Waals surface area contributed by atoms with Crippen molar-refractivity contribution >= 4 is 39.6 Å². The van der Waals surface area contributed by atoms with E-state index in [2.05, 4.69) is 21.2 Å². The van der Waals surface area contributed by atoms with Gasteiger partial charge in [-0.2, -0.15) is 5.26 Å². The van der Waals surface area contributed by atoms with Crippen molar-refractivity contribution in [1.82, 2.24) is 4.57 Å². The van der Waals surface area contributed by atoms with Crippen LogP contribution < -0.4 is 5.32 Å². The molecular weight excluding hydrogens is 470 g/mol. The van der Waals surface area contributed by atoms with Crippen molar-refractivity contribution in [2.24, 2.45) is 0 Å². The first kappa shape index (κ1) is 23.0. The van der Waals surface area contributed by atoms with Crippen molar-refractivity contribution in [3.05, 3.63) is 86.7 Å². The molecule has 0 aliphatic carbocycles. The first-order valence-electron chi connectivity index (χ1n) is 9.82. The van der Waals surface area contributed by atoms with Crippen molar-refractivity contribution in [3.63, 3.8) is 0 Å². The summed E-state index contributed by atoms with van der Waals surface area (Å²) in [6, 6.07) is 16.4. The lowest BCUT2D eigenvalue weighted by molar-refractivity contribution is -0.112. The van der Waals surface area contributed by atoms with E-state index in [4.69, 9.17) is 4.74 Å². The van der Waals surface area contributed by atoms with Crippen LogP contribution in [0.3, 0.4) is 0 Å². The second-order valence-electron chi connectivity index (χ2n) is 7.29. The molecule has 162 valence electrons. The number of hydrogen-bond donors (Lipinski definition) is 1. The van der Waals surface area contributed by atoms with Crippen LogP contribution in [0.2, 0.25) is 0 Å². The van der Waals surface area contributed by atoms with Crippen molar-refractivity contribution in [1.29, 1.82) is 5.26 Å². The summed E-state index contributed by atoms with van der Waals surface area (Å²) < 4.78 is 7.72. The Hall–Kier alpha value is -3.63. The van der Waals surface area contributed by atoms with Gasteiger partial charge in [-0.1, -0.05) is 15.9 Å². The fourth-order valence-corrected chi connectivity index (χ4v) is 3.76. The second-order valence-corrected chi connectivity index (χ2v) is 8.20. The van der Waals surface area contributed by atoms with E-state index in [1.807, 2.05) is 55.7 Å². The Labute approximate surface area is 195 Å². The van der Waals surface area contributed by atoms with Crippen LogP contribution in [0.1, 0.15) is 32.9 Å². The van der Waals surface area contributed by atoms with Gasteiger partial charge >= 0.3 is 5.97 Å². The fourth-order valence-electron chi connectivity index (χ4n) is 3.49. The predicted octanol–water partition coefficient (Wildman–Crippen LogP) is 5.50. The van der Waals surface area contributed by atoms with Crippen LogP contribution in [0.4, 0.5) is 5.69 Å². The van der Waals surface area contributed by atoms with Gasteiger partial charge in [0.05, 0.1) is 12.7 Å². The highest BCUT2D eigenvalue weighted by Gasteiger charge is 2.16. The van der Waals surface area contributed by atoms with Crippen LogP contribution >= 0.6 is 15.9 Å². The molecule has 1 aromatic heterocycles. The lowest BCUT2D eigenvalue weighted by Gasteiger charge is -2.14. The number of anilines is 1. The lowest BCUT2D eigenvalue weighted by atomic mass is 10.1. The Kier molecular flexibility index (Phi) is 6.96. The number of benzene rings is 2. The summed E-state index contributed by atoms with van der Waals surface area (Å²) in [5, 5.41) is 12.3. The fraction of sp³-hybridized carbons (Fsp3) is 0.160. The van der Waals surface area contributed by atoms with E-state index in [1.54, 1.807) is 30.3 Å². The number of carbonyl (C=O) groups is 2. The van der Waals surface area contributed by atoms with Crippen LogP contribution in [-0.4, -0.2) is 23.6 Å². The normalized spacial score (nSPS) is 11.1. The largest absolute Gasteiger partial charge is 0.465 e. The number of ether oxygens (including phenoxy) is 1. The zero-order chi connectivity index (χ0) is 23.4. The van der Waals surface area contributed by atoms with Crippen LogP contribution in [-0.2, 0) is 9.53 Å². The number of nitrogens with one attached hydrogen (secondary N) is 1. The highest BCUT2D eigenvalue weighted by molar-refractivity contribution is 9.10. The molecule has 2 aromatic carbocycles. The van der Waals surface area contributed by atoms with Crippen LogP contribution in [0, 0.1) is 32.1 Å². The Balaban J connectivity index is 1.95. The maximum Gasteiger partial charge on any atom is 0.337 e. The molecule has 3 aromatic rings. The molecule has 0 spiro atoms. The predicted molar refractivity (Wildman–Crippen MR) is 128 cm³/mol. The highest BCUT2D eigenvalue weighted by Crippen LogP contribution is 2.26. The first-order chi connectivity index (χ1) is 15.2. The molecule has 0 atom stereocenters. The molecule has 3 rings (SSSR count). The Morgan fingerprint density at radius 1 is 1.09 bits per heavy atom. The average Bonchev–Trinajstić information content (AvgIpc) is 3.05. The minimum Gasteiger partial charge on any atom is -0.465 e. The van der Waals surface area contributed by atoms with E-state index < -0.39 is 5.91 Å². The molecule has 0 unspecified atom stereocenters. The van der Waals surface area contributed by atoms with E-state index in [0.29, 0.717) is 11.3 Å². The van der Waals surface area contributed by atoms with Gasteiger partial charge in [0.25, 0.3) is 5.91 Å². The number of rotatable bonds is 5. The van der Waals surface area contributed by atoms with Gasteiger partial charge in [-0.15, -0.1) is 0 Å². The van der Waals surface area contributed by atoms with Gasteiger partial charge < -0.3 is 14.6 Å². The van der Waals surface area contributed by atoms with Gasteiger partial charge in [-0.3, -0.25) is 4.79 Å². The van der Waals surface area contributed by atoms with E-state index in [1.165, 1.54) is 7.11 Å². The van der Waals surface area contributed by atoms with E-state index in [9.17, 15) is 14.9 Å². The zero-order valence-corrected chi connectivity index (χ0v) is 19.8. The molecule has 0 aliphatic rings. The molecule has 0 bridgehead atoms. The van der Waals surface area contributed by atoms with Gasteiger partial charge in [0.2, 0.25) is 0 Å². The smallest absolute Gasteiger partial charge is 0.337 e. The van der Waals surface area contributed by atoms with Crippen molar-refractivity contribution in [2.75, 3.05) is 12.4 Å². The average molecular weight is 492 g/mol. The molecule has 1 heterocycles. The Morgan fingerprint density at radius 2 is 1.78 bits per heavy atom. The number of nitrogens with zero attached hydrogens (tertiary/aromatic N) is 2. The van der Waals surface area contributed by atoms with Crippen LogP contribution in [0.5, 0.6) is 0 Å². The first-order valence-corrected chi connectivity index (χ1v) is 10.6. The summed E-state index contributed by atoms with van der Waals surface area (Å²) in [4.78, 5) is 24.4. The number of amides is 1. The molecule has 0 radical (unpaired) electrons. The minimum absolute atomic E-state index is 0.00549. The molecule has 7 heteroatoms. The molecule has 0 aliphatic heterocycles. The Bertz CT molecular complexity index is 1260. The van der Waals surface area contributed by atoms with Gasteiger partial charge in [-0.25, -0.2) is 4.79 Å². The molecule has 32 heavy (non-hydrogen) atoms. The van der Waals surface area contributed by atoms with E-state index in [0.717, 1.165) is 32.7 Å². The molecule has 0 saturated heterocycles. The summed E-state index contributed by atoms with van der Waals surface area (Å²) in [7, 11) is 1.35. The summed E-state index contributed by atoms with van der Waals surface area (Å²) in [5.74, 6) is -0.863.